The Kier molecular flexibility index (Phi) is 3.14. The fourth-order valence-electron chi connectivity index (χ4n) is 2.67. The van der Waals surface area contributed by atoms with Crippen LogP contribution in [0.3, 0.4) is 0 Å². The number of anilines is 1. The maximum atomic E-state index is 12.1. The van der Waals surface area contributed by atoms with Crippen LogP contribution in [0.2, 0.25) is 0 Å². The summed E-state index contributed by atoms with van der Waals surface area (Å²) >= 11 is 0. The molecule has 0 spiro atoms. The Morgan fingerprint density at radius 2 is 2.20 bits per heavy atom. The molecule has 2 amide bonds. The number of hydrogen-bond donors (Lipinski definition) is 3. The van der Waals surface area contributed by atoms with Crippen LogP contribution in [0.4, 0.5) is 5.69 Å². The molecule has 1 aliphatic heterocycles. The standard InChI is InChI=1S/C14H16N4O2/c15-9-2-3-10-8(7-9)1-4-11(10)16-14(20)12-5-6-13(19)18-17-12/h2-3,7,11H,1,4-6,15H2,(H,16,20)(H,18,19). The van der Waals surface area contributed by atoms with Gasteiger partial charge in [0.25, 0.3) is 5.91 Å². The summed E-state index contributed by atoms with van der Waals surface area (Å²) in [5.74, 6) is -0.358. The van der Waals surface area contributed by atoms with Crippen molar-refractivity contribution in [2.75, 3.05) is 5.73 Å². The summed E-state index contributed by atoms with van der Waals surface area (Å²) in [6.07, 6.45) is 2.47. The van der Waals surface area contributed by atoms with Gasteiger partial charge >= 0.3 is 0 Å². The van der Waals surface area contributed by atoms with E-state index in [0.29, 0.717) is 18.6 Å². The molecule has 0 fully saturated rings. The van der Waals surface area contributed by atoms with Crippen LogP contribution >= 0.6 is 0 Å². The van der Waals surface area contributed by atoms with E-state index in [1.807, 2.05) is 18.2 Å². The number of nitrogen functional groups attached to an aromatic ring is 1. The minimum Gasteiger partial charge on any atom is -0.399 e. The molecule has 2 aliphatic rings. The fraction of sp³-hybridized carbons (Fsp3) is 0.357. The van der Waals surface area contributed by atoms with Crippen molar-refractivity contribution >= 4 is 23.2 Å². The summed E-state index contributed by atoms with van der Waals surface area (Å²) in [5, 5.41) is 6.78. The molecule has 1 heterocycles. The van der Waals surface area contributed by atoms with E-state index in [9.17, 15) is 9.59 Å². The molecule has 104 valence electrons. The second kappa shape index (κ2) is 4.96. The number of hydrazone groups is 1. The first-order chi connectivity index (χ1) is 9.63. The van der Waals surface area contributed by atoms with Gasteiger partial charge in [0, 0.05) is 18.5 Å². The average Bonchev–Trinajstić information content (AvgIpc) is 2.81. The molecule has 1 aromatic rings. The molecule has 6 nitrogen and oxygen atoms in total. The highest BCUT2D eigenvalue weighted by Crippen LogP contribution is 2.32. The van der Waals surface area contributed by atoms with E-state index in [1.54, 1.807) is 0 Å². The van der Waals surface area contributed by atoms with E-state index in [0.717, 1.165) is 24.1 Å². The molecule has 0 bridgehead atoms. The third kappa shape index (κ3) is 2.36. The Morgan fingerprint density at radius 3 is 2.95 bits per heavy atom. The lowest BCUT2D eigenvalue weighted by Crippen LogP contribution is -2.38. The van der Waals surface area contributed by atoms with Crippen molar-refractivity contribution in [1.29, 1.82) is 0 Å². The smallest absolute Gasteiger partial charge is 0.267 e. The quantitative estimate of drug-likeness (QED) is 0.689. The molecule has 3 rings (SSSR count). The zero-order valence-electron chi connectivity index (χ0n) is 11.0. The van der Waals surface area contributed by atoms with Crippen LogP contribution in [0, 0.1) is 0 Å². The molecule has 0 saturated heterocycles. The van der Waals surface area contributed by atoms with Gasteiger partial charge in [-0.1, -0.05) is 6.07 Å². The number of rotatable bonds is 2. The number of nitrogens with zero attached hydrogens (tertiary/aromatic N) is 1. The topological polar surface area (TPSA) is 96.6 Å². The van der Waals surface area contributed by atoms with E-state index < -0.39 is 0 Å². The summed E-state index contributed by atoms with van der Waals surface area (Å²) in [6.45, 7) is 0. The van der Waals surface area contributed by atoms with Crippen LogP contribution in [-0.4, -0.2) is 17.5 Å². The van der Waals surface area contributed by atoms with E-state index in [4.69, 9.17) is 5.73 Å². The van der Waals surface area contributed by atoms with Gasteiger partial charge in [0.2, 0.25) is 5.91 Å². The molecule has 6 heteroatoms. The summed E-state index contributed by atoms with van der Waals surface area (Å²) < 4.78 is 0. The number of aryl methyl sites for hydroxylation is 1. The highest BCUT2D eigenvalue weighted by Gasteiger charge is 2.26. The van der Waals surface area contributed by atoms with Crippen molar-refractivity contribution in [2.24, 2.45) is 5.10 Å². The number of nitrogens with one attached hydrogen (secondary N) is 2. The second-order valence-corrected chi connectivity index (χ2v) is 5.12. The van der Waals surface area contributed by atoms with Gasteiger partial charge < -0.3 is 11.1 Å². The molecule has 20 heavy (non-hydrogen) atoms. The lowest BCUT2D eigenvalue weighted by molar-refractivity contribution is -0.121. The molecular formula is C14H16N4O2. The van der Waals surface area contributed by atoms with Gasteiger partial charge in [-0.3, -0.25) is 9.59 Å². The SMILES string of the molecule is Nc1ccc2c(c1)CCC2NC(=O)C1=NNC(=O)CC1. The number of carbonyl (C=O) groups is 2. The highest BCUT2D eigenvalue weighted by molar-refractivity contribution is 6.39. The van der Waals surface area contributed by atoms with Gasteiger partial charge in [0.15, 0.2) is 0 Å². The summed E-state index contributed by atoms with van der Waals surface area (Å²) in [4.78, 5) is 23.1. The lowest BCUT2D eigenvalue weighted by atomic mass is 10.1. The Labute approximate surface area is 116 Å². The van der Waals surface area contributed by atoms with Crippen LogP contribution in [0.25, 0.3) is 0 Å². The number of amides is 2. The molecule has 0 radical (unpaired) electrons. The maximum Gasteiger partial charge on any atom is 0.267 e. The van der Waals surface area contributed by atoms with Crippen molar-refractivity contribution < 1.29 is 9.59 Å². The van der Waals surface area contributed by atoms with Crippen molar-refractivity contribution in [3.8, 4) is 0 Å². The second-order valence-electron chi connectivity index (χ2n) is 5.12. The van der Waals surface area contributed by atoms with Gasteiger partial charge in [-0.2, -0.15) is 5.10 Å². The normalized spacial score (nSPS) is 20.9. The molecule has 0 aromatic heterocycles. The van der Waals surface area contributed by atoms with E-state index >= 15 is 0 Å². The minimum atomic E-state index is -0.209. The van der Waals surface area contributed by atoms with Crippen LogP contribution in [-0.2, 0) is 16.0 Å². The van der Waals surface area contributed by atoms with Gasteiger partial charge in [0.05, 0.1) is 6.04 Å². The Balaban J connectivity index is 1.71. The van der Waals surface area contributed by atoms with E-state index in [1.165, 1.54) is 5.56 Å². The molecule has 1 unspecified atom stereocenters. The minimum absolute atomic E-state index is 0.00146. The number of carbonyl (C=O) groups excluding carboxylic acids is 2. The Hall–Kier alpha value is -2.37. The predicted molar refractivity (Wildman–Crippen MR) is 74.9 cm³/mol. The fourth-order valence-corrected chi connectivity index (χ4v) is 2.67. The highest BCUT2D eigenvalue weighted by atomic mass is 16.2. The van der Waals surface area contributed by atoms with Crippen LogP contribution in [0.5, 0.6) is 0 Å². The van der Waals surface area contributed by atoms with Gasteiger partial charge in [-0.15, -0.1) is 0 Å². The Bertz CT molecular complexity index is 609. The average molecular weight is 272 g/mol. The molecule has 4 N–H and O–H groups in total. The lowest BCUT2D eigenvalue weighted by Gasteiger charge is -2.17. The number of benzene rings is 1. The van der Waals surface area contributed by atoms with Crippen molar-refractivity contribution in [3.05, 3.63) is 29.3 Å². The van der Waals surface area contributed by atoms with E-state index in [2.05, 4.69) is 15.8 Å². The molecular weight excluding hydrogens is 256 g/mol. The third-order valence-electron chi connectivity index (χ3n) is 3.72. The summed E-state index contributed by atoms with van der Waals surface area (Å²) in [7, 11) is 0. The van der Waals surface area contributed by atoms with Crippen molar-refractivity contribution in [2.45, 2.75) is 31.7 Å². The summed E-state index contributed by atoms with van der Waals surface area (Å²) in [6, 6.07) is 5.77. The van der Waals surface area contributed by atoms with Gasteiger partial charge in [0.1, 0.15) is 5.71 Å². The van der Waals surface area contributed by atoms with Gasteiger partial charge in [-0.25, -0.2) is 5.43 Å². The molecule has 0 saturated carbocycles. The van der Waals surface area contributed by atoms with Crippen LogP contribution in [0.1, 0.15) is 36.4 Å². The van der Waals surface area contributed by atoms with E-state index in [-0.39, 0.29) is 17.9 Å². The van der Waals surface area contributed by atoms with Crippen molar-refractivity contribution in [1.82, 2.24) is 10.7 Å². The summed E-state index contributed by atoms with van der Waals surface area (Å²) in [5.41, 5.74) is 11.5. The monoisotopic (exact) mass is 272 g/mol. The number of fused-ring (bicyclic) bond motifs is 1. The third-order valence-corrected chi connectivity index (χ3v) is 3.72. The molecule has 1 aliphatic carbocycles. The first-order valence-corrected chi connectivity index (χ1v) is 6.68. The number of nitrogens with two attached hydrogens (primary N) is 1. The zero-order valence-corrected chi connectivity index (χ0v) is 11.0. The van der Waals surface area contributed by atoms with Gasteiger partial charge in [-0.05, 0) is 36.1 Å². The molecule has 1 aromatic carbocycles. The van der Waals surface area contributed by atoms with Crippen molar-refractivity contribution in [3.63, 3.8) is 0 Å². The maximum absolute atomic E-state index is 12.1. The Morgan fingerprint density at radius 1 is 1.35 bits per heavy atom. The first-order valence-electron chi connectivity index (χ1n) is 6.68. The number of hydrogen-bond acceptors (Lipinski definition) is 4. The predicted octanol–water partition coefficient (Wildman–Crippen LogP) is 0.638. The van der Waals surface area contributed by atoms with Crippen LogP contribution < -0.4 is 16.5 Å². The van der Waals surface area contributed by atoms with Crippen LogP contribution in [0.15, 0.2) is 23.3 Å². The largest absolute Gasteiger partial charge is 0.399 e. The molecule has 1 atom stereocenters. The zero-order chi connectivity index (χ0) is 14.1. The first kappa shape index (κ1) is 12.7.